The normalized spacial score (nSPS) is 12.0. The van der Waals surface area contributed by atoms with Crippen molar-refractivity contribution in [2.24, 2.45) is 5.92 Å². The smallest absolute Gasteiger partial charge is 0.326 e. The first-order valence-electron chi connectivity index (χ1n) is 8.39. The van der Waals surface area contributed by atoms with Crippen LogP contribution < -0.4 is 0 Å². The fourth-order valence-corrected chi connectivity index (χ4v) is 3.44. The number of amides is 1. The fourth-order valence-electron chi connectivity index (χ4n) is 2.73. The lowest BCUT2D eigenvalue weighted by molar-refractivity contribution is -0.151. The molecule has 4 nitrogen and oxygen atoms in total. The van der Waals surface area contributed by atoms with Gasteiger partial charge in [0, 0.05) is 24.8 Å². The molecule has 1 aromatic rings. The van der Waals surface area contributed by atoms with Crippen molar-refractivity contribution >= 4 is 40.7 Å². The van der Waals surface area contributed by atoms with Crippen LogP contribution in [-0.4, -0.2) is 46.1 Å². The van der Waals surface area contributed by atoms with Crippen molar-refractivity contribution in [3.8, 4) is 0 Å². The summed E-state index contributed by atoms with van der Waals surface area (Å²) >= 11 is 7.13. The number of benzene rings is 1. The molecule has 0 aromatic heterocycles. The molecule has 1 N–H and O–H groups in total. The van der Waals surface area contributed by atoms with Crippen molar-refractivity contribution in [2.75, 3.05) is 13.3 Å². The zero-order valence-electron chi connectivity index (χ0n) is 15.3. The topological polar surface area (TPSA) is 57.6 Å². The number of thioether (sulfide) groups is 1. The Kier molecular flexibility index (Phi) is 9.14. The first kappa shape index (κ1) is 21.6. The molecule has 1 aromatic carbocycles. The highest BCUT2D eigenvalue weighted by molar-refractivity contribution is 7.98. The average molecular weight is 382 g/mol. The van der Waals surface area contributed by atoms with Crippen molar-refractivity contribution in [1.82, 2.24) is 4.90 Å². The molecule has 0 aliphatic carbocycles. The third-order valence-corrected chi connectivity index (χ3v) is 5.19. The molecule has 0 heterocycles. The molecule has 0 bridgehead atoms. The maximum absolute atomic E-state index is 12.2. The van der Waals surface area contributed by atoms with Crippen LogP contribution in [0.5, 0.6) is 0 Å². The first-order valence-corrected chi connectivity index (χ1v) is 10.0. The number of rotatable bonds is 10. The van der Waals surface area contributed by atoms with Crippen LogP contribution in [0.3, 0.4) is 0 Å². The molecule has 0 aliphatic rings. The molecular formula is C19H27NO3S2. The second kappa shape index (κ2) is 10.6. The summed E-state index contributed by atoms with van der Waals surface area (Å²) in [4.78, 5) is 27.0. The number of carboxylic acid groups (broad SMARTS) is 1. The van der Waals surface area contributed by atoms with E-state index in [-0.39, 0.29) is 11.8 Å². The van der Waals surface area contributed by atoms with Gasteiger partial charge in [-0.2, -0.15) is 0 Å². The van der Waals surface area contributed by atoms with Gasteiger partial charge in [0.05, 0.1) is 0 Å². The molecule has 1 rings (SSSR count). The van der Waals surface area contributed by atoms with E-state index in [2.05, 4.69) is 24.3 Å². The molecule has 25 heavy (non-hydrogen) atoms. The predicted molar refractivity (Wildman–Crippen MR) is 107 cm³/mol. The zero-order valence-corrected chi connectivity index (χ0v) is 17.0. The molecular weight excluding hydrogens is 354 g/mol. The third-order valence-electron chi connectivity index (χ3n) is 4.10. The summed E-state index contributed by atoms with van der Waals surface area (Å²) in [5.74, 6) is -1.24. The third kappa shape index (κ3) is 7.16. The molecule has 1 atom stereocenters. The second-order valence-electron chi connectivity index (χ2n) is 6.45. The molecule has 0 unspecified atom stereocenters. The lowest BCUT2D eigenvalue weighted by atomic mass is 10.0. The van der Waals surface area contributed by atoms with Crippen LogP contribution >= 0.6 is 24.0 Å². The predicted octanol–water partition coefficient (Wildman–Crippen LogP) is 4.06. The molecule has 6 heteroatoms. The molecule has 0 fully saturated rings. The van der Waals surface area contributed by atoms with Crippen LogP contribution in [0.4, 0.5) is 0 Å². The van der Waals surface area contributed by atoms with E-state index in [0.29, 0.717) is 19.3 Å². The summed E-state index contributed by atoms with van der Waals surface area (Å²) < 4.78 is 0. The zero-order chi connectivity index (χ0) is 19.0. The van der Waals surface area contributed by atoms with Crippen LogP contribution in [-0.2, 0) is 16.0 Å². The van der Waals surface area contributed by atoms with Crippen molar-refractivity contribution in [3.05, 3.63) is 29.8 Å². The Morgan fingerprint density at radius 2 is 1.80 bits per heavy atom. The van der Waals surface area contributed by atoms with E-state index in [4.69, 9.17) is 12.2 Å². The van der Waals surface area contributed by atoms with Gasteiger partial charge in [-0.15, -0.1) is 11.8 Å². The second-order valence-corrected chi connectivity index (χ2v) is 7.91. The summed E-state index contributed by atoms with van der Waals surface area (Å²) in [7, 11) is 1.56. The van der Waals surface area contributed by atoms with Gasteiger partial charge in [-0.05, 0) is 47.6 Å². The summed E-state index contributed by atoms with van der Waals surface area (Å²) in [5, 5.41) is 9.26. The highest BCUT2D eigenvalue weighted by Gasteiger charge is 2.28. The number of hydrogen-bond donors (Lipinski definition) is 1. The van der Waals surface area contributed by atoms with Crippen LogP contribution in [0.2, 0.25) is 0 Å². The standard InChI is InChI=1S/C19H27NO3S2/c1-13(2)18(19(22)23)20(3)17(21)7-5-6-15(24)12-14-8-10-16(25-4)11-9-14/h8-11,13,18H,5-7,12H2,1-4H3,(H,22,23)/t18-/m0/s1. The number of carbonyl (C=O) groups is 2. The molecule has 138 valence electrons. The van der Waals surface area contributed by atoms with Gasteiger partial charge < -0.3 is 10.0 Å². The van der Waals surface area contributed by atoms with Gasteiger partial charge in [-0.1, -0.05) is 38.2 Å². The number of aliphatic carboxylic acids is 1. The lowest BCUT2D eigenvalue weighted by Crippen LogP contribution is -2.45. The van der Waals surface area contributed by atoms with E-state index in [0.717, 1.165) is 11.3 Å². The van der Waals surface area contributed by atoms with Crippen LogP contribution in [0.1, 0.15) is 38.7 Å². The van der Waals surface area contributed by atoms with E-state index in [1.54, 1.807) is 32.7 Å². The van der Waals surface area contributed by atoms with Crippen LogP contribution in [0.15, 0.2) is 29.2 Å². The van der Waals surface area contributed by atoms with Gasteiger partial charge in [0.2, 0.25) is 5.91 Å². The molecule has 0 spiro atoms. The Bertz CT molecular complexity index is 599. The Morgan fingerprint density at radius 1 is 1.20 bits per heavy atom. The monoisotopic (exact) mass is 381 g/mol. The number of nitrogens with zero attached hydrogens (tertiary/aromatic N) is 1. The Morgan fingerprint density at radius 3 is 2.28 bits per heavy atom. The van der Waals surface area contributed by atoms with Crippen molar-refractivity contribution < 1.29 is 14.7 Å². The molecule has 1 amide bonds. The summed E-state index contributed by atoms with van der Waals surface area (Å²) in [6, 6.07) is 7.54. The van der Waals surface area contributed by atoms with Crippen molar-refractivity contribution in [1.29, 1.82) is 0 Å². The minimum atomic E-state index is -0.963. The largest absolute Gasteiger partial charge is 0.480 e. The SMILES string of the molecule is CSc1ccc(CC(=S)CCCC(=O)N(C)[C@H](C(=O)O)C(C)C)cc1. The van der Waals surface area contributed by atoms with Crippen LogP contribution in [0.25, 0.3) is 0 Å². The Labute approximate surface area is 160 Å². The summed E-state index contributed by atoms with van der Waals surface area (Å²) in [6.07, 6.45) is 4.44. The van der Waals surface area contributed by atoms with E-state index >= 15 is 0 Å². The van der Waals surface area contributed by atoms with Crippen LogP contribution in [0, 0.1) is 5.92 Å². The van der Waals surface area contributed by atoms with Crippen molar-refractivity contribution in [3.63, 3.8) is 0 Å². The number of carboxylic acids is 1. The minimum absolute atomic E-state index is 0.128. The number of hydrogen-bond acceptors (Lipinski definition) is 4. The molecule has 0 aliphatic heterocycles. The van der Waals surface area contributed by atoms with Gasteiger partial charge >= 0.3 is 5.97 Å². The van der Waals surface area contributed by atoms with Gasteiger partial charge in [0.15, 0.2) is 0 Å². The molecule has 0 saturated heterocycles. The van der Waals surface area contributed by atoms with E-state index in [1.165, 1.54) is 15.4 Å². The Balaban J connectivity index is 2.43. The number of likely N-dealkylation sites (N-methyl/N-ethyl adjacent to an activating group) is 1. The van der Waals surface area contributed by atoms with Gasteiger partial charge in [0.25, 0.3) is 0 Å². The summed E-state index contributed by atoms with van der Waals surface area (Å²) in [5.41, 5.74) is 1.18. The minimum Gasteiger partial charge on any atom is -0.480 e. The maximum atomic E-state index is 12.2. The first-order chi connectivity index (χ1) is 11.8. The number of carbonyl (C=O) groups excluding carboxylic acids is 1. The van der Waals surface area contributed by atoms with E-state index in [1.807, 2.05) is 6.26 Å². The van der Waals surface area contributed by atoms with E-state index in [9.17, 15) is 14.7 Å². The summed E-state index contributed by atoms with van der Waals surface area (Å²) in [6.45, 7) is 3.61. The quantitative estimate of drug-likeness (QED) is 0.489. The van der Waals surface area contributed by atoms with E-state index < -0.39 is 12.0 Å². The van der Waals surface area contributed by atoms with Gasteiger partial charge in [-0.3, -0.25) is 4.79 Å². The highest BCUT2D eigenvalue weighted by Crippen LogP contribution is 2.16. The number of thiocarbonyl (C=S) groups is 1. The Hall–Kier alpha value is -1.40. The van der Waals surface area contributed by atoms with Gasteiger partial charge in [0.1, 0.15) is 6.04 Å². The molecule has 0 radical (unpaired) electrons. The highest BCUT2D eigenvalue weighted by atomic mass is 32.2. The molecule has 0 saturated carbocycles. The fraction of sp³-hybridized carbons (Fsp3) is 0.526. The lowest BCUT2D eigenvalue weighted by Gasteiger charge is -2.27. The van der Waals surface area contributed by atoms with Gasteiger partial charge in [-0.25, -0.2) is 4.79 Å². The van der Waals surface area contributed by atoms with Crippen molar-refractivity contribution in [2.45, 2.75) is 50.5 Å². The average Bonchev–Trinajstić information content (AvgIpc) is 2.54. The maximum Gasteiger partial charge on any atom is 0.326 e.